The molecule has 1 N–H and O–H groups in total. The summed E-state index contributed by atoms with van der Waals surface area (Å²) in [4.78, 5) is 11.6. The third-order valence-corrected chi connectivity index (χ3v) is 3.43. The molecule has 3 nitrogen and oxygen atoms in total. The Balaban J connectivity index is 2.37. The molecule has 0 saturated heterocycles. The Labute approximate surface area is 98.9 Å². The summed E-state index contributed by atoms with van der Waals surface area (Å²) in [5.41, 5.74) is 0. The largest absolute Gasteiger partial charge is 0.466 e. The highest BCUT2D eigenvalue weighted by Crippen LogP contribution is 2.25. The van der Waals surface area contributed by atoms with Gasteiger partial charge in [0.1, 0.15) is 0 Å². The number of hydrogen-bond donors (Lipinski definition) is 1. The summed E-state index contributed by atoms with van der Waals surface area (Å²) in [5.74, 6) is 0.119. The summed E-state index contributed by atoms with van der Waals surface area (Å²) in [6.07, 6.45) is 5.42. The van der Waals surface area contributed by atoms with Crippen LogP contribution in [0.3, 0.4) is 0 Å². The van der Waals surface area contributed by atoms with Gasteiger partial charge in [0.2, 0.25) is 0 Å². The van der Waals surface area contributed by atoms with E-state index in [0.717, 1.165) is 25.7 Å². The highest BCUT2D eigenvalue weighted by Gasteiger charge is 2.28. The molecule has 0 amide bonds. The Kier molecular flexibility index (Phi) is 5.81. The first-order valence-electron chi connectivity index (χ1n) is 6.60. The average Bonchev–Trinajstić information content (AvgIpc) is 2.29. The summed E-state index contributed by atoms with van der Waals surface area (Å²) >= 11 is 0. The normalized spacial score (nSPS) is 27.4. The summed E-state index contributed by atoms with van der Waals surface area (Å²) in [6.45, 7) is 6.76. The molecule has 0 heterocycles. The van der Waals surface area contributed by atoms with Gasteiger partial charge in [0.15, 0.2) is 0 Å². The number of ether oxygens (including phenoxy) is 1. The molecule has 94 valence electrons. The van der Waals surface area contributed by atoms with Crippen molar-refractivity contribution in [3.05, 3.63) is 0 Å². The Hall–Kier alpha value is -0.570. The smallest absolute Gasteiger partial charge is 0.308 e. The predicted molar refractivity (Wildman–Crippen MR) is 65.3 cm³/mol. The lowest BCUT2D eigenvalue weighted by atomic mass is 9.85. The van der Waals surface area contributed by atoms with Crippen LogP contribution in [0.1, 0.15) is 52.9 Å². The van der Waals surface area contributed by atoms with E-state index in [4.69, 9.17) is 4.74 Å². The Bertz CT molecular complexity index is 218. The first-order valence-corrected chi connectivity index (χ1v) is 6.60. The van der Waals surface area contributed by atoms with Crippen molar-refractivity contribution in [3.63, 3.8) is 0 Å². The molecule has 0 aromatic heterocycles. The van der Waals surface area contributed by atoms with E-state index in [9.17, 15) is 4.79 Å². The van der Waals surface area contributed by atoms with Gasteiger partial charge >= 0.3 is 5.97 Å². The maximum Gasteiger partial charge on any atom is 0.308 e. The van der Waals surface area contributed by atoms with E-state index in [-0.39, 0.29) is 11.9 Å². The van der Waals surface area contributed by atoms with Crippen LogP contribution < -0.4 is 5.32 Å². The van der Waals surface area contributed by atoms with Crippen molar-refractivity contribution < 1.29 is 9.53 Å². The van der Waals surface area contributed by atoms with E-state index >= 15 is 0 Å². The van der Waals surface area contributed by atoms with Crippen molar-refractivity contribution in [2.45, 2.75) is 65.0 Å². The number of carbonyl (C=O) groups excluding carboxylic acids is 1. The summed E-state index contributed by atoms with van der Waals surface area (Å²) in [7, 11) is 0. The van der Waals surface area contributed by atoms with Crippen LogP contribution in [0.15, 0.2) is 0 Å². The Morgan fingerprint density at radius 1 is 1.44 bits per heavy atom. The molecule has 1 rings (SSSR count). The molecule has 0 spiro atoms. The molecule has 3 atom stereocenters. The summed E-state index contributed by atoms with van der Waals surface area (Å²) in [5, 5.41) is 3.59. The van der Waals surface area contributed by atoms with Gasteiger partial charge in [-0.05, 0) is 39.5 Å². The second kappa shape index (κ2) is 6.89. The second-order valence-corrected chi connectivity index (χ2v) is 4.79. The van der Waals surface area contributed by atoms with Crippen molar-refractivity contribution in [2.75, 3.05) is 6.61 Å². The highest BCUT2D eigenvalue weighted by atomic mass is 16.5. The topological polar surface area (TPSA) is 38.3 Å². The maximum atomic E-state index is 11.6. The summed E-state index contributed by atoms with van der Waals surface area (Å²) in [6, 6.07) is 1.05. The van der Waals surface area contributed by atoms with E-state index < -0.39 is 0 Å². The molecular formula is C13H25NO2. The van der Waals surface area contributed by atoms with Crippen molar-refractivity contribution in [1.82, 2.24) is 5.32 Å². The van der Waals surface area contributed by atoms with Crippen molar-refractivity contribution in [2.24, 2.45) is 5.92 Å². The van der Waals surface area contributed by atoms with Gasteiger partial charge < -0.3 is 10.1 Å². The van der Waals surface area contributed by atoms with Crippen LogP contribution in [0.4, 0.5) is 0 Å². The molecule has 0 aliphatic heterocycles. The van der Waals surface area contributed by atoms with E-state index in [1.807, 2.05) is 6.92 Å². The van der Waals surface area contributed by atoms with Crippen LogP contribution in [-0.4, -0.2) is 24.7 Å². The number of hydrogen-bond acceptors (Lipinski definition) is 3. The minimum Gasteiger partial charge on any atom is -0.466 e. The third-order valence-electron chi connectivity index (χ3n) is 3.43. The van der Waals surface area contributed by atoms with Gasteiger partial charge in [0, 0.05) is 12.1 Å². The lowest BCUT2D eigenvalue weighted by molar-refractivity contribution is -0.149. The number of carbonyl (C=O) groups is 1. The fourth-order valence-corrected chi connectivity index (χ4v) is 2.34. The highest BCUT2D eigenvalue weighted by molar-refractivity contribution is 5.72. The SMILES string of the molecule is CCOC(=O)C1CCCC(NC(C)CC)C1. The quantitative estimate of drug-likeness (QED) is 0.733. The summed E-state index contributed by atoms with van der Waals surface area (Å²) < 4.78 is 5.09. The molecule has 3 heteroatoms. The number of esters is 1. The zero-order chi connectivity index (χ0) is 12.0. The molecule has 0 radical (unpaired) electrons. The fraction of sp³-hybridized carbons (Fsp3) is 0.923. The number of nitrogens with one attached hydrogen (secondary N) is 1. The molecule has 1 saturated carbocycles. The molecule has 1 fully saturated rings. The average molecular weight is 227 g/mol. The van der Waals surface area contributed by atoms with Crippen LogP contribution >= 0.6 is 0 Å². The lowest BCUT2D eigenvalue weighted by Gasteiger charge is -2.30. The second-order valence-electron chi connectivity index (χ2n) is 4.79. The first kappa shape index (κ1) is 13.5. The van der Waals surface area contributed by atoms with Gasteiger partial charge in [-0.1, -0.05) is 13.3 Å². The molecule has 0 aromatic carbocycles. The molecule has 1 aliphatic carbocycles. The van der Waals surface area contributed by atoms with E-state index in [1.165, 1.54) is 6.42 Å². The van der Waals surface area contributed by atoms with Crippen molar-refractivity contribution in [3.8, 4) is 0 Å². The van der Waals surface area contributed by atoms with Crippen LogP contribution in [0.2, 0.25) is 0 Å². The minimum atomic E-state index is -0.00171. The lowest BCUT2D eigenvalue weighted by Crippen LogP contribution is -2.41. The minimum absolute atomic E-state index is 0.00171. The van der Waals surface area contributed by atoms with Gasteiger partial charge in [0.05, 0.1) is 12.5 Å². The van der Waals surface area contributed by atoms with Crippen LogP contribution in [0, 0.1) is 5.92 Å². The van der Waals surface area contributed by atoms with Gasteiger partial charge in [-0.15, -0.1) is 0 Å². The predicted octanol–water partition coefficient (Wildman–Crippen LogP) is 2.50. The Morgan fingerprint density at radius 3 is 2.81 bits per heavy atom. The fourth-order valence-electron chi connectivity index (χ4n) is 2.34. The molecule has 3 unspecified atom stereocenters. The van der Waals surface area contributed by atoms with E-state index in [1.54, 1.807) is 0 Å². The van der Waals surface area contributed by atoms with Gasteiger partial charge in [-0.3, -0.25) is 4.79 Å². The molecule has 16 heavy (non-hydrogen) atoms. The van der Waals surface area contributed by atoms with Crippen molar-refractivity contribution >= 4 is 5.97 Å². The number of rotatable bonds is 5. The maximum absolute atomic E-state index is 11.6. The van der Waals surface area contributed by atoms with Gasteiger partial charge in [0.25, 0.3) is 0 Å². The van der Waals surface area contributed by atoms with E-state index in [2.05, 4.69) is 19.2 Å². The molecule has 0 bridgehead atoms. The van der Waals surface area contributed by atoms with Crippen LogP contribution in [-0.2, 0) is 9.53 Å². The first-order chi connectivity index (χ1) is 7.67. The van der Waals surface area contributed by atoms with Gasteiger partial charge in [-0.25, -0.2) is 0 Å². The van der Waals surface area contributed by atoms with Crippen LogP contribution in [0.25, 0.3) is 0 Å². The zero-order valence-corrected chi connectivity index (χ0v) is 10.8. The molecule has 1 aliphatic rings. The van der Waals surface area contributed by atoms with Crippen LogP contribution in [0.5, 0.6) is 0 Å². The standard InChI is InChI=1S/C13H25NO2/c1-4-10(3)14-12-8-6-7-11(9-12)13(15)16-5-2/h10-12,14H,4-9H2,1-3H3. The van der Waals surface area contributed by atoms with Gasteiger partial charge in [-0.2, -0.15) is 0 Å². The Morgan fingerprint density at radius 2 is 2.19 bits per heavy atom. The molecule has 0 aromatic rings. The van der Waals surface area contributed by atoms with Crippen molar-refractivity contribution in [1.29, 1.82) is 0 Å². The molecular weight excluding hydrogens is 202 g/mol. The zero-order valence-electron chi connectivity index (χ0n) is 10.8. The monoisotopic (exact) mass is 227 g/mol. The third kappa shape index (κ3) is 4.12. The van der Waals surface area contributed by atoms with E-state index in [0.29, 0.717) is 18.7 Å².